The van der Waals surface area contributed by atoms with Crippen LogP contribution in [0.2, 0.25) is 0 Å². The second kappa shape index (κ2) is 5.43. The lowest BCUT2D eigenvalue weighted by atomic mass is 10.1. The Hall–Kier alpha value is -2.57. The summed E-state index contributed by atoms with van der Waals surface area (Å²) in [7, 11) is 0. The molecule has 0 fully saturated rings. The second-order valence-electron chi connectivity index (χ2n) is 4.14. The molecular formula is C14H9F4NO2. The summed E-state index contributed by atoms with van der Waals surface area (Å²) in [4.78, 5) is 12.0. The van der Waals surface area contributed by atoms with Gasteiger partial charge in [0.05, 0.1) is 16.9 Å². The normalized spacial score (nSPS) is 11.2. The average Bonchev–Trinajstić information content (AvgIpc) is 2.38. The first-order chi connectivity index (χ1) is 9.79. The largest absolute Gasteiger partial charge is 0.464 e. The Morgan fingerprint density at radius 3 is 2.10 bits per heavy atom. The van der Waals surface area contributed by atoms with Crippen molar-refractivity contribution >= 4 is 17.5 Å². The van der Waals surface area contributed by atoms with Gasteiger partial charge in [-0.15, -0.1) is 0 Å². The quantitative estimate of drug-likeness (QED) is 0.819. The number of hydrogen-bond acceptors (Lipinski definition) is 1. The Kier molecular flexibility index (Phi) is 3.84. The molecule has 0 aliphatic carbocycles. The van der Waals surface area contributed by atoms with E-state index in [1.165, 1.54) is 12.1 Å². The molecule has 0 radical (unpaired) electrons. The van der Waals surface area contributed by atoms with Crippen LogP contribution in [-0.4, -0.2) is 11.2 Å². The fourth-order valence-corrected chi connectivity index (χ4v) is 1.78. The molecule has 7 heteroatoms. The van der Waals surface area contributed by atoms with Crippen molar-refractivity contribution in [3.05, 3.63) is 59.9 Å². The zero-order valence-electron chi connectivity index (χ0n) is 10.4. The summed E-state index contributed by atoms with van der Waals surface area (Å²) in [6.07, 6.45) is -5.94. The molecule has 0 aliphatic rings. The van der Waals surface area contributed by atoms with Crippen molar-refractivity contribution in [3.8, 4) is 0 Å². The van der Waals surface area contributed by atoms with Crippen LogP contribution in [0.1, 0.15) is 5.56 Å². The van der Waals surface area contributed by atoms with E-state index in [0.29, 0.717) is 4.90 Å². The van der Waals surface area contributed by atoms with Crippen LogP contribution in [0.15, 0.2) is 48.5 Å². The van der Waals surface area contributed by atoms with Crippen LogP contribution in [0.5, 0.6) is 0 Å². The SMILES string of the molecule is O=C(O)N(c1ccc(C(F)(F)F)cc1)c1cccc(F)c1. The lowest BCUT2D eigenvalue weighted by Gasteiger charge is -2.20. The molecule has 2 rings (SSSR count). The molecule has 1 N–H and O–H groups in total. The Labute approximate surface area is 117 Å². The molecule has 3 nitrogen and oxygen atoms in total. The van der Waals surface area contributed by atoms with Crippen LogP contribution in [-0.2, 0) is 6.18 Å². The molecule has 2 aromatic rings. The van der Waals surface area contributed by atoms with Crippen molar-refractivity contribution in [2.45, 2.75) is 6.18 Å². The first-order valence-corrected chi connectivity index (χ1v) is 5.75. The van der Waals surface area contributed by atoms with E-state index < -0.39 is 23.7 Å². The van der Waals surface area contributed by atoms with Crippen molar-refractivity contribution in [1.82, 2.24) is 0 Å². The zero-order valence-corrected chi connectivity index (χ0v) is 10.4. The number of anilines is 2. The maximum absolute atomic E-state index is 13.2. The fraction of sp³-hybridized carbons (Fsp3) is 0.0714. The molecule has 0 unspecified atom stereocenters. The number of carbonyl (C=O) groups is 1. The third-order valence-corrected chi connectivity index (χ3v) is 2.71. The van der Waals surface area contributed by atoms with Crippen molar-refractivity contribution < 1.29 is 27.5 Å². The van der Waals surface area contributed by atoms with Crippen LogP contribution in [0, 0.1) is 5.82 Å². The number of nitrogens with zero attached hydrogens (tertiary/aromatic N) is 1. The maximum atomic E-state index is 13.2. The third kappa shape index (κ3) is 3.31. The second-order valence-corrected chi connectivity index (χ2v) is 4.14. The van der Waals surface area contributed by atoms with Crippen LogP contribution in [0.3, 0.4) is 0 Å². The predicted octanol–water partition coefficient (Wildman–Crippen LogP) is 4.66. The van der Waals surface area contributed by atoms with E-state index >= 15 is 0 Å². The molecule has 0 heterocycles. The number of benzene rings is 2. The lowest BCUT2D eigenvalue weighted by Crippen LogP contribution is -2.23. The van der Waals surface area contributed by atoms with Crippen LogP contribution in [0.25, 0.3) is 0 Å². The van der Waals surface area contributed by atoms with E-state index in [9.17, 15) is 27.5 Å². The summed E-state index contributed by atoms with van der Waals surface area (Å²) >= 11 is 0. The van der Waals surface area contributed by atoms with E-state index in [-0.39, 0.29) is 11.4 Å². The molecule has 0 bridgehead atoms. The lowest BCUT2D eigenvalue weighted by molar-refractivity contribution is -0.137. The molecule has 0 atom stereocenters. The van der Waals surface area contributed by atoms with Crippen LogP contribution >= 0.6 is 0 Å². The molecule has 110 valence electrons. The van der Waals surface area contributed by atoms with E-state index in [4.69, 9.17) is 0 Å². The van der Waals surface area contributed by atoms with E-state index in [1.54, 1.807) is 0 Å². The highest BCUT2D eigenvalue weighted by molar-refractivity contribution is 5.94. The number of amides is 1. The van der Waals surface area contributed by atoms with Gasteiger partial charge in [-0.3, -0.25) is 0 Å². The monoisotopic (exact) mass is 299 g/mol. The number of carboxylic acid groups (broad SMARTS) is 1. The summed E-state index contributed by atoms with van der Waals surface area (Å²) in [5, 5.41) is 9.18. The number of rotatable bonds is 2. The summed E-state index contributed by atoms with van der Waals surface area (Å²) in [5.41, 5.74) is -0.904. The Balaban J connectivity index is 2.42. The highest BCUT2D eigenvalue weighted by Crippen LogP contribution is 2.32. The minimum absolute atomic E-state index is 0.00209. The molecule has 0 saturated carbocycles. The van der Waals surface area contributed by atoms with Crippen molar-refractivity contribution in [2.75, 3.05) is 4.90 Å². The van der Waals surface area contributed by atoms with Gasteiger partial charge in [0.25, 0.3) is 0 Å². The average molecular weight is 299 g/mol. The first-order valence-electron chi connectivity index (χ1n) is 5.75. The first kappa shape index (κ1) is 14.8. The third-order valence-electron chi connectivity index (χ3n) is 2.71. The molecule has 0 saturated heterocycles. The van der Waals surface area contributed by atoms with Crippen molar-refractivity contribution in [3.63, 3.8) is 0 Å². The predicted molar refractivity (Wildman–Crippen MR) is 68.0 cm³/mol. The van der Waals surface area contributed by atoms with E-state index in [1.807, 2.05) is 0 Å². The van der Waals surface area contributed by atoms with E-state index in [2.05, 4.69) is 0 Å². The fourth-order valence-electron chi connectivity index (χ4n) is 1.78. The van der Waals surface area contributed by atoms with Gasteiger partial charge in [0.1, 0.15) is 5.82 Å². The minimum atomic E-state index is -4.51. The van der Waals surface area contributed by atoms with Gasteiger partial charge < -0.3 is 5.11 Å². The number of halogens is 4. The molecule has 0 spiro atoms. The molecule has 1 amide bonds. The van der Waals surface area contributed by atoms with Gasteiger partial charge >= 0.3 is 12.3 Å². The number of hydrogen-bond donors (Lipinski definition) is 1. The summed E-state index contributed by atoms with van der Waals surface area (Å²) < 4.78 is 50.6. The van der Waals surface area contributed by atoms with E-state index in [0.717, 1.165) is 36.4 Å². The molecule has 0 aliphatic heterocycles. The smallest absolute Gasteiger partial charge is 0.416 e. The van der Waals surface area contributed by atoms with Gasteiger partial charge in [0.2, 0.25) is 0 Å². The summed E-state index contributed by atoms with van der Waals surface area (Å²) in [5.74, 6) is -0.648. The van der Waals surface area contributed by atoms with Gasteiger partial charge in [-0.1, -0.05) is 6.07 Å². The molecule has 0 aromatic heterocycles. The summed E-state index contributed by atoms with van der Waals surface area (Å²) in [6, 6.07) is 8.33. The topological polar surface area (TPSA) is 40.5 Å². The Morgan fingerprint density at radius 1 is 1.00 bits per heavy atom. The standard InChI is InChI=1S/C14H9F4NO2/c15-10-2-1-3-12(8-10)19(13(20)21)11-6-4-9(5-7-11)14(16,17)18/h1-8H,(H,20,21). The van der Waals surface area contributed by atoms with Gasteiger partial charge in [-0.2, -0.15) is 13.2 Å². The maximum Gasteiger partial charge on any atom is 0.416 e. The molecule has 2 aromatic carbocycles. The van der Waals surface area contributed by atoms with Crippen molar-refractivity contribution in [1.29, 1.82) is 0 Å². The highest BCUT2D eigenvalue weighted by Gasteiger charge is 2.30. The zero-order chi connectivity index (χ0) is 15.6. The number of alkyl halides is 3. The minimum Gasteiger partial charge on any atom is -0.464 e. The van der Waals surface area contributed by atoms with Gasteiger partial charge in [-0.25, -0.2) is 14.1 Å². The van der Waals surface area contributed by atoms with Crippen LogP contribution < -0.4 is 4.90 Å². The van der Waals surface area contributed by atoms with Crippen LogP contribution in [0.4, 0.5) is 33.7 Å². The van der Waals surface area contributed by atoms with Gasteiger partial charge in [-0.05, 0) is 42.5 Å². The Bertz CT molecular complexity index is 653. The van der Waals surface area contributed by atoms with Gasteiger partial charge in [0, 0.05) is 0 Å². The molecular weight excluding hydrogens is 290 g/mol. The van der Waals surface area contributed by atoms with Gasteiger partial charge in [0.15, 0.2) is 0 Å². The summed E-state index contributed by atoms with van der Waals surface area (Å²) in [6.45, 7) is 0. The molecule has 21 heavy (non-hydrogen) atoms. The Morgan fingerprint density at radius 2 is 1.62 bits per heavy atom. The highest BCUT2D eigenvalue weighted by atomic mass is 19.4. The van der Waals surface area contributed by atoms with Crippen molar-refractivity contribution in [2.24, 2.45) is 0 Å².